The molecule has 1 fully saturated rings. The number of nitrogens with two attached hydrogens (primary N) is 1. The molecule has 4 N–H and O–H groups in total. The molecular weight excluding hydrogens is 206 g/mol. The number of anilines is 2. The van der Waals surface area contributed by atoms with Crippen molar-refractivity contribution in [1.82, 2.24) is 4.98 Å². The first kappa shape index (κ1) is 11.0. The quantitative estimate of drug-likeness (QED) is 0.709. The molecule has 0 aliphatic heterocycles. The van der Waals surface area contributed by atoms with Crippen molar-refractivity contribution in [3.8, 4) is 5.88 Å². The summed E-state index contributed by atoms with van der Waals surface area (Å²) in [7, 11) is 1.56. The maximum Gasteiger partial charge on any atom is 0.215 e. The molecule has 0 bridgehead atoms. The summed E-state index contributed by atoms with van der Waals surface area (Å²) in [5, 5.41) is 12.6. The van der Waals surface area contributed by atoms with Crippen LogP contribution in [0.3, 0.4) is 0 Å². The molecule has 88 valence electrons. The number of hydrogen-bond donors (Lipinski definition) is 3. The highest BCUT2D eigenvalue weighted by molar-refractivity contribution is 5.63. The Bertz CT molecular complexity index is 372. The van der Waals surface area contributed by atoms with E-state index in [2.05, 4.69) is 10.3 Å². The van der Waals surface area contributed by atoms with Gasteiger partial charge in [-0.2, -0.15) is 4.98 Å². The van der Waals surface area contributed by atoms with Crippen molar-refractivity contribution in [2.24, 2.45) is 0 Å². The highest BCUT2D eigenvalue weighted by Crippen LogP contribution is 2.36. The Morgan fingerprint density at radius 2 is 2.31 bits per heavy atom. The maximum atomic E-state index is 9.35. The summed E-state index contributed by atoms with van der Waals surface area (Å²) >= 11 is 0. The van der Waals surface area contributed by atoms with Crippen LogP contribution in [0.1, 0.15) is 19.3 Å². The van der Waals surface area contributed by atoms with Gasteiger partial charge in [0.25, 0.3) is 0 Å². The van der Waals surface area contributed by atoms with Gasteiger partial charge in [-0.15, -0.1) is 0 Å². The molecule has 0 spiro atoms. The standard InChI is InChI=1S/C11H17N3O2/c1-16-9-4-3-8(12)10(13-9)14-11(7-15)5-2-6-11/h3-4,15H,2,5-7,12H2,1H3,(H,13,14). The third-order valence-corrected chi connectivity index (χ3v) is 3.11. The predicted molar refractivity (Wildman–Crippen MR) is 62.5 cm³/mol. The molecule has 1 heterocycles. The fourth-order valence-electron chi connectivity index (χ4n) is 1.84. The normalized spacial score (nSPS) is 17.6. The van der Waals surface area contributed by atoms with E-state index in [9.17, 15) is 5.11 Å². The van der Waals surface area contributed by atoms with Gasteiger partial charge in [0.05, 0.1) is 24.9 Å². The summed E-state index contributed by atoms with van der Waals surface area (Å²) in [6.07, 6.45) is 3.01. The molecule has 1 saturated carbocycles. The van der Waals surface area contributed by atoms with E-state index in [-0.39, 0.29) is 12.1 Å². The molecule has 0 amide bonds. The summed E-state index contributed by atoms with van der Waals surface area (Å²) in [6, 6.07) is 3.46. The number of aliphatic hydroxyl groups is 1. The Morgan fingerprint density at radius 3 is 2.81 bits per heavy atom. The lowest BCUT2D eigenvalue weighted by Crippen LogP contribution is -2.48. The molecule has 1 aromatic heterocycles. The monoisotopic (exact) mass is 223 g/mol. The van der Waals surface area contributed by atoms with Crippen LogP contribution >= 0.6 is 0 Å². The van der Waals surface area contributed by atoms with E-state index in [1.54, 1.807) is 19.2 Å². The molecule has 0 unspecified atom stereocenters. The molecule has 1 aliphatic carbocycles. The first-order valence-corrected chi connectivity index (χ1v) is 5.39. The van der Waals surface area contributed by atoms with Crippen molar-refractivity contribution in [1.29, 1.82) is 0 Å². The lowest BCUT2D eigenvalue weighted by atomic mass is 9.77. The molecule has 5 nitrogen and oxygen atoms in total. The molecule has 0 atom stereocenters. The van der Waals surface area contributed by atoms with Crippen LogP contribution in [0.4, 0.5) is 11.5 Å². The molecule has 2 rings (SSSR count). The Kier molecular flexibility index (Phi) is 2.87. The highest BCUT2D eigenvalue weighted by atomic mass is 16.5. The van der Waals surface area contributed by atoms with Crippen LogP contribution < -0.4 is 15.8 Å². The second kappa shape index (κ2) is 4.17. The first-order valence-electron chi connectivity index (χ1n) is 5.39. The number of methoxy groups -OCH3 is 1. The van der Waals surface area contributed by atoms with E-state index >= 15 is 0 Å². The Morgan fingerprint density at radius 1 is 1.56 bits per heavy atom. The summed E-state index contributed by atoms with van der Waals surface area (Å²) in [4.78, 5) is 4.24. The van der Waals surface area contributed by atoms with Crippen LogP contribution in [0.5, 0.6) is 5.88 Å². The Labute approximate surface area is 94.6 Å². The van der Waals surface area contributed by atoms with Gasteiger partial charge in [-0.25, -0.2) is 0 Å². The topological polar surface area (TPSA) is 80.4 Å². The van der Waals surface area contributed by atoms with Crippen LogP contribution in [-0.4, -0.2) is 29.3 Å². The van der Waals surface area contributed by atoms with E-state index in [1.165, 1.54) is 0 Å². The van der Waals surface area contributed by atoms with E-state index in [1.807, 2.05) is 0 Å². The summed E-state index contributed by atoms with van der Waals surface area (Å²) in [6.45, 7) is 0.103. The van der Waals surface area contributed by atoms with Gasteiger partial charge in [-0.1, -0.05) is 0 Å². The fraction of sp³-hybridized carbons (Fsp3) is 0.545. The number of aliphatic hydroxyl groups excluding tert-OH is 1. The summed E-state index contributed by atoms with van der Waals surface area (Å²) < 4.78 is 5.04. The van der Waals surface area contributed by atoms with E-state index in [0.717, 1.165) is 19.3 Å². The molecule has 1 aliphatic rings. The third kappa shape index (κ3) is 1.90. The van der Waals surface area contributed by atoms with Crippen molar-refractivity contribution in [3.05, 3.63) is 12.1 Å². The van der Waals surface area contributed by atoms with Gasteiger partial charge in [0, 0.05) is 6.07 Å². The van der Waals surface area contributed by atoms with Crippen LogP contribution in [0.2, 0.25) is 0 Å². The van der Waals surface area contributed by atoms with Crippen molar-refractivity contribution in [2.75, 3.05) is 24.8 Å². The van der Waals surface area contributed by atoms with Crippen molar-refractivity contribution >= 4 is 11.5 Å². The number of hydrogen-bond acceptors (Lipinski definition) is 5. The number of nitrogens with zero attached hydrogens (tertiary/aromatic N) is 1. The molecule has 16 heavy (non-hydrogen) atoms. The van der Waals surface area contributed by atoms with Gasteiger partial charge in [0.15, 0.2) is 5.82 Å². The van der Waals surface area contributed by atoms with Crippen molar-refractivity contribution in [3.63, 3.8) is 0 Å². The number of nitrogen functional groups attached to an aromatic ring is 1. The van der Waals surface area contributed by atoms with Crippen LogP contribution in [0, 0.1) is 0 Å². The predicted octanol–water partition coefficient (Wildman–Crippen LogP) is 0.999. The minimum absolute atomic E-state index is 0.103. The SMILES string of the molecule is COc1ccc(N)c(NC2(CO)CCC2)n1. The Balaban J connectivity index is 2.19. The van der Waals surface area contributed by atoms with E-state index in [0.29, 0.717) is 17.4 Å². The van der Waals surface area contributed by atoms with Gasteiger partial charge in [-0.3, -0.25) is 0 Å². The Hall–Kier alpha value is -1.49. The summed E-state index contributed by atoms with van der Waals surface area (Å²) in [5.74, 6) is 1.11. The van der Waals surface area contributed by atoms with Gasteiger partial charge >= 0.3 is 0 Å². The minimum Gasteiger partial charge on any atom is -0.481 e. The molecule has 1 aromatic rings. The van der Waals surface area contributed by atoms with Gasteiger partial charge in [0.1, 0.15) is 0 Å². The lowest BCUT2D eigenvalue weighted by Gasteiger charge is -2.41. The lowest BCUT2D eigenvalue weighted by molar-refractivity contribution is 0.144. The largest absolute Gasteiger partial charge is 0.481 e. The number of pyridine rings is 1. The van der Waals surface area contributed by atoms with E-state index < -0.39 is 0 Å². The molecule has 5 heteroatoms. The second-order valence-corrected chi connectivity index (χ2v) is 4.21. The number of rotatable bonds is 4. The number of ether oxygens (including phenoxy) is 1. The number of aromatic nitrogens is 1. The third-order valence-electron chi connectivity index (χ3n) is 3.11. The first-order chi connectivity index (χ1) is 7.69. The fourth-order valence-corrected chi connectivity index (χ4v) is 1.84. The van der Waals surface area contributed by atoms with Crippen molar-refractivity contribution in [2.45, 2.75) is 24.8 Å². The summed E-state index contributed by atoms with van der Waals surface area (Å²) in [5.41, 5.74) is 6.15. The molecule has 0 saturated heterocycles. The average molecular weight is 223 g/mol. The molecule has 0 aromatic carbocycles. The smallest absolute Gasteiger partial charge is 0.215 e. The molecule has 0 radical (unpaired) electrons. The maximum absolute atomic E-state index is 9.35. The van der Waals surface area contributed by atoms with E-state index in [4.69, 9.17) is 10.5 Å². The van der Waals surface area contributed by atoms with Gasteiger partial charge < -0.3 is 20.9 Å². The minimum atomic E-state index is -0.243. The van der Waals surface area contributed by atoms with Gasteiger partial charge in [0.2, 0.25) is 5.88 Å². The zero-order valence-corrected chi connectivity index (χ0v) is 9.36. The van der Waals surface area contributed by atoms with Crippen LogP contribution in [0.15, 0.2) is 12.1 Å². The second-order valence-electron chi connectivity index (χ2n) is 4.21. The highest BCUT2D eigenvalue weighted by Gasteiger charge is 2.36. The molecular formula is C11H17N3O2. The van der Waals surface area contributed by atoms with Crippen LogP contribution in [-0.2, 0) is 0 Å². The zero-order valence-electron chi connectivity index (χ0n) is 9.36. The van der Waals surface area contributed by atoms with Crippen molar-refractivity contribution < 1.29 is 9.84 Å². The van der Waals surface area contributed by atoms with Gasteiger partial charge in [-0.05, 0) is 25.3 Å². The average Bonchev–Trinajstić information content (AvgIpc) is 2.26. The number of nitrogens with one attached hydrogen (secondary N) is 1. The zero-order chi connectivity index (χ0) is 11.6. The van der Waals surface area contributed by atoms with Crippen LogP contribution in [0.25, 0.3) is 0 Å².